The Balaban J connectivity index is 2.58. The first-order valence-electron chi connectivity index (χ1n) is 3.03. The minimum Gasteiger partial charge on any atom is -0.297 e. The number of carbonyl (C=O) groups excluding carboxylic acids is 1. The number of hydrogen-bond donors (Lipinski definition) is 1. The third kappa shape index (κ3) is 2.63. The molecule has 0 unspecified atom stereocenters. The second-order valence-corrected chi connectivity index (χ2v) is 2.19. The van der Waals surface area contributed by atoms with Crippen LogP contribution in [0.3, 0.4) is 0 Å². The number of nitrogens with one attached hydrogen (secondary N) is 1. The molecule has 1 N–H and O–H groups in total. The number of carbonyl (C=O) groups is 1. The number of anilines is 1. The maximum Gasteiger partial charge on any atom is 0.243 e. The molecule has 0 aliphatic rings. The lowest BCUT2D eigenvalue weighted by atomic mass is 10.7. The zero-order chi connectivity index (χ0) is 8.81. The van der Waals surface area contributed by atoms with Gasteiger partial charge in [0.15, 0.2) is 6.29 Å². The summed E-state index contributed by atoms with van der Waals surface area (Å²) in [7, 11) is 0. The second kappa shape index (κ2) is 4.40. The number of hydrogen-bond acceptors (Lipinski definition) is 5. The van der Waals surface area contributed by atoms with Crippen molar-refractivity contribution in [2.24, 2.45) is 5.10 Å². The molecule has 12 heavy (non-hydrogen) atoms. The molecule has 0 atom stereocenters. The van der Waals surface area contributed by atoms with Crippen molar-refractivity contribution in [2.45, 2.75) is 0 Å². The van der Waals surface area contributed by atoms with Gasteiger partial charge < -0.3 is 0 Å². The van der Waals surface area contributed by atoms with E-state index >= 15 is 0 Å². The lowest BCUT2D eigenvalue weighted by Gasteiger charge is -1.94. The molecule has 1 rings (SSSR count). The predicted octanol–water partition coefficient (Wildman–Crippen LogP) is 0.727. The molecule has 0 saturated heterocycles. The van der Waals surface area contributed by atoms with E-state index in [2.05, 4.69) is 20.5 Å². The molecule has 6 heteroatoms. The van der Waals surface area contributed by atoms with Gasteiger partial charge in [-0.15, -0.1) is 0 Å². The molecular formula is C6H5ClN4O. The maximum absolute atomic E-state index is 9.80. The molecule has 1 aromatic rings. The highest BCUT2D eigenvalue weighted by Crippen LogP contribution is 2.04. The number of hydrazone groups is 1. The monoisotopic (exact) mass is 184 g/mol. The van der Waals surface area contributed by atoms with Crippen LogP contribution in [0.4, 0.5) is 5.95 Å². The lowest BCUT2D eigenvalue weighted by molar-refractivity contribution is -0.102. The first-order chi connectivity index (χ1) is 5.83. The number of aldehydes is 1. The molecule has 0 radical (unpaired) electrons. The first-order valence-corrected chi connectivity index (χ1v) is 3.41. The molecule has 0 aromatic carbocycles. The summed E-state index contributed by atoms with van der Waals surface area (Å²) < 4.78 is 0. The van der Waals surface area contributed by atoms with Crippen molar-refractivity contribution in [3.05, 3.63) is 17.4 Å². The highest BCUT2D eigenvalue weighted by molar-refractivity contribution is 6.30. The van der Waals surface area contributed by atoms with Crippen LogP contribution in [0.1, 0.15) is 0 Å². The quantitative estimate of drug-likeness (QED) is 0.427. The average Bonchev–Trinajstić information content (AvgIpc) is 2.09. The zero-order valence-electron chi connectivity index (χ0n) is 5.94. The van der Waals surface area contributed by atoms with Crippen LogP contribution in [0, 0.1) is 0 Å². The van der Waals surface area contributed by atoms with Gasteiger partial charge in [0.1, 0.15) is 0 Å². The smallest absolute Gasteiger partial charge is 0.243 e. The molecule has 0 bridgehead atoms. The average molecular weight is 185 g/mol. The van der Waals surface area contributed by atoms with Gasteiger partial charge in [0.2, 0.25) is 5.95 Å². The summed E-state index contributed by atoms with van der Waals surface area (Å²) in [4.78, 5) is 17.3. The summed E-state index contributed by atoms with van der Waals surface area (Å²) in [5.41, 5.74) is 2.43. The third-order valence-corrected chi connectivity index (χ3v) is 1.12. The molecule has 1 aromatic heterocycles. The van der Waals surface area contributed by atoms with E-state index < -0.39 is 0 Å². The van der Waals surface area contributed by atoms with Gasteiger partial charge in [0.05, 0.1) is 23.6 Å². The van der Waals surface area contributed by atoms with E-state index in [1.807, 2.05) is 0 Å². The van der Waals surface area contributed by atoms with E-state index in [9.17, 15) is 4.79 Å². The van der Waals surface area contributed by atoms with Gasteiger partial charge in [-0.1, -0.05) is 11.6 Å². The Morgan fingerprint density at radius 1 is 1.50 bits per heavy atom. The molecule has 0 spiro atoms. The SMILES string of the molecule is O=CC=NNc1ncc(Cl)cn1. The maximum atomic E-state index is 9.80. The van der Waals surface area contributed by atoms with Gasteiger partial charge in [-0.2, -0.15) is 5.10 Å². The van der Waals surface area contributed by atoms with Crippen LogP contribution in [-0.4, -0.2) is 22.5 Å². The second-order valence-electron chi connectivity index (χ2n) is 1.75. The summed E-state index contributed by atoms with van der Waals surface area (Å²) in [5, 5.41) is 3.92. The summed E-state index contributed by atoms with van der Waals surface area (Å²) >= 11 is 5.53. The van der Waals surface area contributed by atoms with Crippen LogP contribution in [0.25, 0.3) is 0 Å². The van der Waals surface area contributed by atoms with Gasteiger partial charge in [-0.3, -0.25) is 4.79 Å². The predicted molar refractivity (Wildman–Crippen MR) is 45.2 cm³/mol. The van der Waals surface area contributed by atoms with Crippen molar-refractivity contribution in [3.8, 4) is 0 Å². The van der Waals surface area contributed by atoms with Crippen LogP contribution in [-0.2, 0) is 4.79 Å². The van der Waals surface area contributed by atoms with E-state index in [4.69, 9.17) is 11.6 Å². The molecular weight excluding hydrogens is 180 g/mol. The molecule has 1 heterocycles. The van der Waals surface area contributed by atoms with Crippen molar-refractivity contribution in [1.82, 2.24) is 9.97 Å². The Labute approximate surface area is 73.5 Å². The Hall–Kier alpha value is -1.49. The summed E-state index contributed by atoms with van der Waals surface area (Å²) in [6, 6.07) is 0. The molecule has 62 valence electrons. The molecule has 0 aliphatic heterocycles. The Bertz CT molecular complexity index is 284. The van der Waals surface area contributed by atoms with Crippen molar-refractivity contribution in [2.75, 3.05) is 5.43 Å². The summed E-state index contributed by atoms with van der Waals surface area (Å²) in [6.07, 6.45) is 4.45. The van der Waals surface area contributed by atoms with E-state index in [-0.39, 0.29) is 5.95 Å². The van der Waals surface area contributed by atoms with Gasteiger partial charge in [0, 0.05) is 0 Å². The fourth-order valence-electron chi connectivity index (χ4n) is 0.495. The molecule has 0 saturated carbocycles. The van der Waals surface area contributed by atoms with Crippen molar-refractivity contribution >= 4 is 30.1 Å². The van der Waals surface area contributed by atoms with E-state index in [0.717, 1.165) is 6.21 Å². The number of halogens is 1. The number of rotatable bonds is 3. The van der Waals surface area contributed by atoms with Gasteiger partial charge in [-0.05, 0) is 0 Å². The van der Waals surface area contributed by atoms with Gasteiger partial charge >= 0.3 is 0 Å². The van der Waals surface area contributed by atoms with Crippen LogP contribution in [0.15, 0.2) is 17.5 Å². The van der Waals surface area contributed by atoms with E-state index in [1.165, 1.54) is 12.4 Å². The molecule has 0 amide bonds. The molecule has 5 nitrogen and oxygen atoms in total. The van der Waals surface area contributed by atoms with E-state index in [0.29, 0.717) is 11.3 Å². The van der Waals surface area contributed by atoms with Gasteiger partial charge in [0.25, 0.3) is 0 Å². The number of aromatic nitrogens is 2. The highest BCUT2D eigenvalue weighted by atomic mass is 35.5. The molecule has 0 aliphatic carbocycles. The highest BCUT2D eigenvalue weighted by Gasteiger charge is 1.91. The first kappa shape index (κ1) is 8.61. The van der Waals surface area contributed by atoms with Crippen LogP contribution >= 0.6 is 11.6 Å². The van der Waals surface area contributed by atoms with Crippen LogP contribution in [0.5, 0.6) is 0 Å². The normalized spacial score (nSPS) is 10.1. The Morgan fingerprint density at radius 2 is 2.17 bits per heavy atom. The number of nitrogens with zero attached hydrogens (tertiary/aromatic N) is 3. The summed E-state index contributed by atoms with van der Waals surface area (Å²) in [6.45, 7) is 0. The zero-order valence-corrected chi connectivity index (χ0v) is 6.69. The fraction of sp³-hybridized carbons (Fsp3) is 0. The van der Waals surface area contributed by atoms with Crippen LogP contribution < -0.4 is 5.43 Å². The third-order valence-electron chi connectivity index (χ3n) is 0.920. The minimum atomic E-state index is 0.289. The van der Waals surface area contributed by atoms with Crippen molar-refractivity contribution in [3.63, 3.8) is 0 Å². The Kier molecular flexibility index (Phi) is 3.16. The summed E-state index contributed by atoms with van der Waals surface area (Å²) in [5.74, 6) is 0.289. The van der Waals surface area contributed by atoms with Crippen molar-refractivity contribution in [1.29, 1.82) is 0 Å². The van der Waals surface area contributed by atoms with Crippen LogP contribution in [0.2, 0.25) is 5.02 Å². The Morgan fingerprint density at radius 3 is 2.75 bits per heavy atom. The van der Waals surface area contributed by atoms with Gasteiger partial charge in [-0.25, -0.2) is 15.4 Å². The lowest BCUT2D eigenvalue weighted by Crippen LogP contribution is -1.95. The minimum absolute atomic E-state index is 0.289. The molecule has 0 fully saturated rings. The van der Waals surface area contributed by atoms with Crippen molar-refractivity contribution < 1.29 is 4.79 Å². The standard InChI is InChI=1S/C6H5ClN4O/c7-5-3-8-6(9-4-5)11-10-1-2-12/h1-4H,(H,8,9,11). The topological polar surface area (TPSA) is 67.2 Å². The fourth-order valence-corrected chi connectivity index (χ4v) is 0.593. The van der Waals surface area contributed by atoms with E-state index in [1.54, 1.807) is 0 Å². The largest absolute Gasteiger partial charge is 0.297 e.